The number of piperidine rings is 1. The van der Waals surface area contributed by atoms with Gasteiger partial charge in [0.05, 0.1) is 0 Å². The van der Waals surface area contributed by atoms with E-state index in [1.165, 1.54) is 52.0 Å². The molecule has 0 aromatic rings. The number of carbonyl (C=O) groups excluding carboxylic acids is 1. The maximum atomic E-state index is 12.5. The lowest BCUT2D eigenvalue weighted by molar-refractivity contribution is -0.133. The highest BCUT2D eigenvalue weighted by atomic mass is 16.2. The van der Waals surface area contributed by atoms with E-state index in [0.717, 1.165) is 57.7 Å². The zero-order valence-electron chi connectivity index (χ0n) is 19.8. The SMILES string of the molecule is CC(C)CCCN1CCN(C2CCN(C(=O)CCCCCNC(C)C)CC2)CC1. The van der Waals surface area contributed by atoms with Crippen molar-refractivity contribution < 1.29 is 4.79 Å². The molecule has 0 aromatic heterocycles. The molecule has 1 amide bonds. The summed E-state index contributed by atoms with van der Waals surface area (Å²) in [6.07, 6.45) is 9.13. The van der Waals surface area contributed by atoms with Gasteiger partial charge in [0, 0.05) is 57.8 Å². The van der Waals surface area contributed by atoms with E-state index in [2.05, 4.69) is 47.7 Å². The van der Waals surface area contributed by atoms with E-state index < -0.39 is 0 Å². The minimum atomic E-state index is 0.384. The second kappa shape index (κ2) is 13.6. The molecule has 2 aliphatic rings. The molecule has 1 N–H and O–H groups in total. The highest BCUT2D eigenvalue weighted by Crippen LogP contribution is 2.20. The number of likely N-dealkylation sites (tertiary alicyclic amines) is 1. The Morgan fingerprint density at radius 1 is 0.897 bits per heavy atom. The summed E-state index contributed by atoms with van der Waals surface area (Å²) in [5.41, 5.74) is 0. The largest absolute Gasteiger partial charge is 0.343 e. The second-order valence-electron chi connectivity index (χ2n) is 9.95. The van der Waals surface area contributed by atoms with Crippen LogP contribution < -0.4 is 5.32 Å². The number of unbranched alkanes of at least 4 members (excludes halogenated alkanes) is 2. The predicted octanol–water partition coefficient (Wildman–Crippen LogP) is 3.59. The zero-order chi connectivity index (χ0) is 21.1. The fourth-order valence-electron chi connectivity index (χ4n) is 4.68. The fourth-order valence-corrected chi connectivity index (χ4v) is 4.68. The van der Waals surface area contributed by atoms with Crippen LogP contribution >= 0.6 is 0 Å². The molecular formula is C24H48N4O. The molecule has 0 aromatic carbocycles. The van der Waals surface area contributed by atoms with Gasteiger partial charge in [-0.05, 0) is 57.5 Å². The summed E-state index contributed by atoms with van der Waals surface area (Å²) >= 11 is 0. The monoisotopic (exact) mass is 408 g/mol. The molecule has 2 fully saturated rings. The van der Waals surface area contributed by atoms with Crippen molar-refractivity contribution in [1.29, 1.82) is 0 Å². The van der Waals surface area contributed by atoms with E-state index in [9.17, 15) is 4.79 Å². The molecule has 0 spiro atoms. The first-order valence-electron chi connectivity index (χ1n) is 12.4. The van der Waals surface area contributed by atoms with Crippen LogP contribution in [-0.4, -0.2) is 85.0 Å². The molecule has 2 rings (SSSR count). The Morgan fingerprint density at radius 2 is 1.59 bits per heavy atom. The first-order chi connectivity index (χ1) is 14.0. The van der Waals surface area contributed by atoms with E-state index >= 15 is 0 Å². The van der Waals surface area contributed by atoms with E-state index in [0.29, 0.717) is 18.0 Å². The van der Waals surface area contributed by atoms with E-state index in [-0.39, 0.29) is 0 Å². The molecule has 0 radical (unpaired) electrons. The van der Waals surface area contributed by atoms with Crippen LogP contribution in [0.5, 0.6) is 0 Å². The Balaban J connectivity index is 1.54. The third-order valence-electron chi connectivity index (χ3n) is 6.62. The van der Waals surface area contributed by atoms with Crippen LogP contribution in [0.3, 0.4) is 0 Å². The zero-order valence-corrected chi connectivity index (χ0v) is 19.8. The Hall–Kier alpha value is -0.650. The number of hydrogen-bond acceptors (Lipinski definition) is 4. The molecule has 29 heavy (non-hydrogen) atoms. The van der Waals surface area contributed by atoms with Gasteiger partial charge in [-0.1, -0.05) is 34.1 Å². The van der Waals surface area contributed by atoms with E-state index in [4.69, 9.17) is 0 Å². The standard InChI is InChI=1S/C24H48N4O/c1-21(2)9-8-14-26-17-19-27(20-18-26)23-11-15-28(16-12-23)24(29)10-6-5-7-13-25-22(3)4/h21-23,25H,5-20H2,1-4H3. The highest BCUT2D eigenvalue weighted by molar-refractivity contribution is 5.76. The number of nitrogens with zero attached hydrogens (tertiary/aromatic N) is 3. The maximum Gasteiger partial charge on any atom is 0.222 e. The lowest BCUT2D eigenvalue weighted by Gasteiger charge is -2.43. The minimum Gasteiger partial charge on any atom is -0.343 e. The molecule has 0 unspecified atom stereocenters. The predicted molar refractivity (Wildman–Crippen MR) is 123 cm³/mol. The summed E-state index contributed by atoms with van der Waals surface area (Å²) in [5, 5.41) is 3.45. The molecule has 0 atom stereocenters. The van der Waals surface area contributed by atoms with Gasteiger partial charge in [-0.15, -0.1) is 0 Å². The van der Waals surface area contributed by atoms with Crippen LogP contribution in [0, 0.1) is 5.92 Å². The number of amides is 1. The van der Waals surface area contributed by atoms with Gasteiger partial charge in [0.1, 0.15) is 0 Å². The molecule has 0 bridgehead atoms. The molecule has 2 heterocycles. The average Bonchev–Trinajstić information content (AvgIpc) is 2.70. The van der Waals surface area contributed by atoms with E-state index in [1.807, 2.05) is 0 Å². The van der Waals surface area contributed by atoms with Crippen molar-refractivity contribution in [2.45, 2.75) is 91.1 Å². The third kappa shape index (κ3) is 9.80. The van der Waals surface area contributed by atoms with Gasteiger partial charge in [-0.25, -0.2) is 0 Å². The average molecular weight is 409 g/mol. The molecule has 0 saturated carbocycles. The highest BCUT2D eigenvalue weighted by Gasteiger charge is 2.28. The number of carbonyl (C=O) groups is 1. The van der Waals surface area contributed by atoms with Crippen LogP contribution in [0.1, 0.15) is 79.1 Å². The lowest BCUT2D eigenvalue weighted by Crippen LogP contribution is -2.53. The molecular weight excluding hydrogens is 360 g/mol. The molecule has 5 nitrogen and oxygen atoms in total. The summed E-state index contributed by atoms with van der Waals surface area (Å²) < 4.78 is 0. The first kappa shape index (κ1) is 24.6. The van der Waals surface area contributed by atoms with Crippen LogP contribution in [0.15, 0.2) is 0 Å². The lowest BCUT2D eigenvalue weighted by atomic mass is 10.0. The summed E-state index contributed by atoms with van der Waals surface area (Å²) in [6.45, 7) is 18.2. The van der Waals surface area contributed by atoms with Crippen molar-refractivity contribution in [3.05, 3.63) is 0 Å². The normalized spacial score (nSPS) is 20.1. The third-order valence-corrected chi connectivity index (χ3v) is 6.62. The Kier molecular flexibility index (Phi) is 11.6. The Labute approximate surface area is 180 Å². The van der Waals surface area contributed by atoms with Crippen molar-refractivity contribution >= 4 is 5.91 Å². The van der Waals surface area contributed by atoms with Crippen molar-refractivity contribution in [1.82, 2.24) is 20.0 Å². The van der Waals surface area contributed by atoms with Crippen LogP contribution in [0.2, 0.25) is 0 Å². The van der Waals surface area contributed by atoms with Gasteiger partial charge in [0.25, 0.3) is 0 Å². The molecule has 0 aliphatic carbocycles. The van der Waals surface area contributed by atoms with Crippen molar-refractivity contribution in [2.75, 3.05) is 52.4 Å². The summed E-state index contributed by atoms with van der Waals surface area (Å²) in [6, 6.07) is 1.25. The van der Waals surface area contributed by atoms with Crippen molar-refractivity contribution in [3.8, 4) is 0 Å². The van der Waals surface area contributed by atoms with Crippen molar-refractivity contribution in [3.63, 3.8) is 0 Å². The number of hydrogen-bond donors (Lipinski definition) is 1. The molecule has 2 aliphatic heterocycles. The van der Waals surface area contributed by atoms with Crippen LogP contribution in [0.4, 0.5) is 0 Å². The first-order valence-corrected chi connectivity index (χ1v) is 12.4. The molecule has 170 valence electrons. The molecule has 5 heteroatoms. The summed E-state index contributed by atoms with van der Waals surface area (Å²) in [4.78, 5) is 20.0. The van der Waals surface area contributed by atoms with Gasteiger partial charge in [-0.3, -0.25) is 9.69 Å². The van der Waals surface area contributed by atoms with Gasteiger partial charge in [0.2, 0.25) is 5.91 Å². The van der Waals surface area contributed by atoms with Gasteiger partial charge < -0.3 is 15.1 Å². The Morgan fingerprint density at radius 3 is 2.21 bits per heavy atom. The summed E-state index contributed by atoms with van der Waals surface area (Å²) in [7, 11) is 0. The smallest absolute Gasteiger partial charge is 0.222 e. The number of rotatable bonds is 12. The summed E-state index contributed by atoms with van der Waals surface area (Å²) in [5.74, 6) is 1.21. The Bertz CT molecular complexity index is 438. The van der Waals surface area contributed by atoms with E-state index in [1.54, 1.807) is 0 Å². The minimum absolute atomic E-state index is 0.384. The van der Waals surface area contributed by atoms with Gasteiger partial charge in [-0.2, -0.15) is 0 Å². The van der Waals surface area contributed by atoms with Crippen LogP contribution in [0.25, 0.3) is 0 Å². The maximum absolute atomic E-state index is 12.5. The molecule has 2 saturated heterocycles. The topological polar surface area (TPSA) is 38.8 Å². The number of piperazine rings is 1. The van der Waals surface area contributed by atoms with Crippen molar-refractivity contribution in [2.24, 2.45) is 5.92 Å². The van der Waals surface area contributed by atoms with Gasteiger partial charge in [0.15, 0.2) is 0 Å². The van der Waals surface area contributed by atoms with Crippen LogP contribution in [-0.2, 0) is 4.79 Å². The van der Waals surface area contributed by atoms with Gasteiger partial charge >= 0.3 is 0 Å². The fraction of sp³-hybridized carbons (Fsp3) is 0.958. The quantitative estimate of drug-likeness (QED) is 0.501. The second-order valence-corrected chi connectivity index (χ2v) is 9.95. The number of nitrogens with one attached hydrogen (secondary N) is 1.